The average molecular weight is 380 g/mol. The molecule has 7 nitrogen and oxygen atoms in total. The lowest BCUT2D eigenvalue weighted by molar-refractivity contribution is -0.121. The van der Waals surface area contributed by atoms with Gasteiger partial charge in [-0.05, 0) is 36.2 Å². The van der Waals surface area contributed by atoms with E-state index >= 15 is 0 Å². The highest BCUT2D eigenvalue weighted by molar-refractivity contribution is 7.00. The maximum absolute atomic E-state index is 12.4. The quantitative estimate of drug-likeness (QED) is 0.739. The number of aromatic nitrogens is 2. The zero-order chi connectivity index (χ0) is 18.5. The Bertz CT molecular complexity index is 1090. The molecule has 0 spiro atoms. The normalized spacial score (nSPS) is 18.7. The molecule has 1 atom stereocenters. The number of likely N-dealkylation sites (N-methyl/N-ethyl adjacent to an activating group) is 1. The minimum absolute atomic E-state index is 0.0300. The molecule has 0 fully saturated rings. The summed E-state index contributed by atoms with van der Waals surface area (Å²) in [4.78, 5) is 26.2. The fourth-order valence-electron chi connectivity index (χ4n) is 3.89. The fourth-order valence-corrected chi connectivity index (χ4v) is 4.44. The highest BCUT2D eigenvalue weighted by atomic mass is 32.1. The molecule has 2 aromatic carbocycles. The molecule has 0 bridgehead atoms. The molecule has 27 heavy (non-hydrogen) atoms. The van der Waals surface area contributed by atoms with E-state index in [1.165, 1.54) is 11.7 Å². The number of anilines is 2. The van der Waals surface area contributed by atoms with Crippen LogP contribution in [0.3, 0.4) is 0 Å². The van der Waals surface area contributed by atoms with Gasteiger partial charge in [0.15, 0.2) is 6.61 Å². The molecule has 0 saturated heterocycles. The fraction of sp³-hybridized carbons (Fsp3) is 0.263. The van der Waals surface area contributed by atoms with Crippen molar-refractivity contribution in [3.63, 3.8) is 0 Å². The van der Waals surface area contributed by atoms with Crippen molar-refractivity contribution in [1.82, 2.24) is 8.75 Å². The van der Waals surface area contributed by atoms with Crippen molar-refractivity contribution in [1.29, 1.82) is 0 Å². The second-order valence-corrected chi connectivity index (χ2v) is 7.15. The van der Waals surface area contributed by atoms with Gasteiger partial charge in [0.1, 0.15) is 16.8 Å². The van der Waals surface area contributed by atoms with Crippen molar-refractivity contribution < 1.29 is 14.3 Å². The molecular weight excluding hydrogens is 364 g/mol. The van der Waals surface area contributed by atoms with Crippen LogP contribution in [0.4, 0.5) is 11.4 Å². The Labute approximate surface area is 159 Å². The predicted molar refractivity (Wildman–Crippen MR) is 102 cm³/mol. The summed E-state index contributed by atoms with van der Waals surface area (Å²) in [5, 5.41) is 2.95. The smallest absolute Gasteiger partial charge is 0.265 e. The summed E-state index contributed by atoms with van der Waals surface area (Å²) in [7, 11) is 0. The van der Waals surface area contributed by atoms with Gasteiger partial charge in [-0.2, -0.15) is 8.75 Å². The summed E-state index contributed by atoms with van der Waals surface area (Å²) in [5.41, 5.74) is 5.03. The van der Waals surface area contributed by atoms with Crippen molar-refractivity contribution in [3.05, 3.63) is 41.5 Å². The van der Waals surface area contributed by atoms with E-state index in [1.807, 2.05) is 37.3 Å². The number of nitrogens with zero attached hydrogens (tertiary/aromatic N) is 3. The number of fused-ring (bicyclic) bond motifs is 3. The highest BCUT2D eigenvalue weighted by Crippen LogP contribution is 2.45. The van der Waals surface area contributed by atoms with E-state index in [-0.39, 0.29) is 24.3 Å². The topological polar surface area (TPSA) is 84.4 Å². The molecule has 3 heterocycles. The van der Waals surface area contributed by atoms with Gasteiger partial charge in [-0.15, -0.1) is 0 Å². The summed E-state index contributed by atoms with van der Waals surface area (Å²) < 4.78 is 14.4. The third-order valence-corrected chi connectivity index (χ3v) is 5.66. The molecule has 2 aliphatic heterocycles. The molecule has 8 heteroatoms. The third-order valence-electron chi connectivity index (χ3n) is 5.12. The van der Waals surface area contributed by atoms with Crippen molar-refractivity contribution in [2.75, 3.05) is 23.4 Å². The molecule has 0 radical (unpaired) electrons. The van der Waals surface area contributed by atoms with E-state index in [4.69, 9.17) is 4.74 Å². The van der Waals surface area contributed by atoms with Crippen LogP contribution in [0.15, 0.2) is 30.3 Å². The van der Waals surface area contributed by atoms with Crippen LogP contribution < -0.4 is 15.0 Å². The predicted octanol–water partition coefficient (Wildman–Crippen LogP) is 2.91. The number of carbonyl (C=O) groups is 2. The first-order valence-corrected chi connectivity index (χ1v) is 9.51. The maximum atomic E-state index is 12.4. The van der Waals surface area contributed by atoms with Crippen molar-refractivity contribution in [2.45, 2.75) is 19.3 Å². The Balaban J connectivity index is 1.69. The molecule has 2 aliphatic rings. The summed E-state index contributed by atoms with van der Waals surface area (Å²) in [5.74, 6) is 0.392. The standard InChI is InChI=1S/C19H16N4O3S/c1-2-23-15-8-14-12(6-16(15)26-9-18(23)25)11(7-17(24)20-14)10-4-3-5-13-19(10)22-27-21-13/h3-6,8,11H,2,7,9H2,1H3,(H,20,24)/t11-/m0/s1. The zero-order valence-electron chi connectivity index (χ0n) is 14.6. The van der Waals surface area contributed by atoms with E-state index in [2.05, 4.69) is 14.1 Å². The van der Waals surface area contributed by atoms with E-state index in [9.17, 15) is 9.59 Å². The Morgan fingerprint density at radius 3 is 3.00 bits per heavy atom. The zero-order valence-corrected chi connectivity index (χ0v) is 15.4. The van der Waals surface area contributed by atoms with Crippen LogP contribution in [0.2, 0.25) is 0 Å². The number of hydrogen-bond donors (Lipinski definition) is 1. The summed E-state index contributed by atoms with van der Waals surface area (Å²) in [6.45, 7) is 2.50. The molecule has 1 N–H and O–H groups in total. The second kappa shape index (κ2) is 6.02. The summed E-state index contributed by atoms with van der Waals surface area (Å²) in [6.07, 6.45) is 0.332. The Morgan fingerprint density at radius 1 is 1.26 bits per heavy atom. The molecule has 1 aromatic heterocycles. The van der Waals surface area contributed by atoms with E-state index < -0.39 is 0 Å². The average Bonchev–Trinajstić information content (AvgIpc) is 3.15. The van der Waals surface area contributed by atoms with E-state index in [0.29, 0.717) is 30.1 Å². The number of amides is 2. The lowest BCUT2D eigenvalue weighted by atomic mass is 9.83. The SMILES string of the molecule is CCN1C(=O)COc2cc3c(cc21)NC(=O)C[C@H]3c1cccc2nsnc12. The van der Waals surface area contributed by atoms with Crippen molar-refractivity contribution in [3.8, 4) is 5.75 Å². The van der Waals surface area contributed by atoms with Crippen LogP contribution >= 0.6 is 11.7 Å². The lowest BCUT2D eigenvalue weighted by Gasteiger charge is -2.32. The van der Waals surface area contributed by atoms with Crippen LogP contribution in [0, 0.1) is 0 Å². The summed E-state index contributed by atoms with van der Waals surface area (Å²) in [6, 6.07) is 9.65. The molecule has 0 saturated carbocycles. The molecule has 136 valence electrons. The Kier molecular flexibility index (Phi) is 3.61. The first kappa shape index (κ1) is 16.2. The molecule has 3 aromatic rings. The van der Waals surface area contributed by atoms with Gasteiger partial charge in [0.05, 0.1) is 17.4 Å². The lowest BCUT2D eigenvalue weighted by Crippen LogP contribution is -2.39. The maximum Gasteiger partial charge on any atom is 0.265 e. The number of hydrogen-bond acceptors (Lipinski definition) is 6. The van der Waals surface area contributed by atoms with Gasteiger partial charge in [0, 0.05) is 24.6 Å². The number of nitrogens with one attached hydrogen (secondary N) is 1. The van der Waals surface area contributed by atoms with Crippen LogP contribution in [-0.4, -0.2) is 33.7 Å². The number of rotatable bonds is 2. The molecular formula is C19H16N4O3S. The van der Waals surface area contributed by atoms with Crippen LogP contribution in [0.1, 0.15) is 30.4 Å². The highest BCUT2D eigenvalue weighted by Gasteiger charge is 2.33. The third kappa shape index (κ3) is 2.48. The van der Waals surface area contributed by atoms with Gasteiger partial charge >= 0.3 is 0 Å². The minimum Gasteiger partial charge on any atom is -0.482 e. The molecule has 0 unspecified atom stereocenters. The van der Waals surface area contributed by atoms with Crippen LogP contribution in [-0.2, 0) is 9.59 Å². The van der Waals surface area contributed by atoms with Gasteiger partial charge in [-0.1, -0.05) is 12.1 Å². The monoisotopic (exact) mass is 380 g/mol. The first-order chi connectivity index (χ1) is 13.2. The summed E-state index contributed by atoms with van der Waals surface area (Å²) >= 11 is 1.17. The second-order valence-electron chi connectivity index (χ2n) is 6.62. The van der Waals surface area contributed by atoms with Crippen molar-refractivity contribution in [2.24, 2.45) is 0 Å². The first-order valence-electron chi connectivity index (χ1n) is 8.78. The van der Waals surface area contributed by atoms with Gasteiger partial charge in [0.2, 0.25) is 5.91 Å². The van der Waals surface area contributed by atoms with Gasteiger partial charge in [0.25, 0.3) is 5.91 Å². The van der Waals surface area contributed by atoms with E-state index in [1.54, 1.807) is 4.90 Å². The minimum atomic E-state index is -0.136. The largest absolute Gasteiger partial charge is 0.482 e. The number of benzene rings is 2. The van der Waals surface area contributed by atoms with Gasteiger partial charge < -0.3 is 15.0 Å². The molecule has 2 amide bonds. The van der Waals surface area contributed by atoms with Gasteiger partial charge in [-0.3, -0.25) is 9.59 Å². The van der Waals surface area contributed by atoms with E-state index in [0.717, 1.165) is 22.2 Å². The van der Waals surface area contributed by atoms with Crippen LogP contribution in [0.25, 0.3) is 11.0 Å². The van der Waals surface area contributed by atoms with Crippen LogP contribution in [0.5, 0.6) is 5.75 Å². The number of ether oxygens (including phenoxy) is 1. The van der Waals surface area contributed by atoms with Gasteiger partial charge in [-0.25, -0.2) is 0 Å². The molecule has 0 aliphatic carbocycles. The van der Waals surface area contributed by atoms with Crippen molar-refractivity contribution >= 4 is 46.0 Å². The molecule has 5 rings (SSSR count). The Hall–Kier alpha value is -3.00. The Morgan fingerprint density at radius 2 is 2.15 bits per heavy atom. The number of carbonyl (C=O) groups excluding carboxylic acids is 2.